The summed E-state index contributed by atoms with van der Waals surface area (Å²) < 4.78 is 5.04. The van der Waals surface area contributed by atoms with E-state index in [1.165, 1.54) is 31.2 Å². The summed E-state index contributed by atoms with van der Waals surface area (Å²) in [6, 6.07) is 4.06. The van der Waals surface area contributed by atoms with Crippen molar-refractivity contribution in [3.05, 3.63) is 50.1 Å². The molecule has 0 bridgehead atoms. The summed E-state index contributed by atoms with van der Waals surface area (Å²) in [5.74, 6) is -3.27. The van der Waals surface area contributed by atoms with Gasteiger partial charge in [0.1, 0.15) is 11.6 Å². The Bertz CT molecular complexity index is 897. The van der Waals surface area contributed by atoms with Crippen LogP contribution in [0, 0.1) is 26.1 Å². The van der Waals surface area contributed by atoms with E-state index in [1.54, 1.807) is 6.92 Å². The third-order valence-electron chi connectivity index (χ3n) is 5.34. The number of benzene rings is 1. The number of esters is 1. The third kappa shape index (κ3) is 3.55. The van der Waals surface area contributed by atoms with E-state index in [0.29, 0.717) is 5.56 Å². The second kappa shape index (κ2) is 7.57. The Hall–Kier alpha value is -3.37. The van der Waals surface area contributed by atoms with E-state index in [0.717, 1.165) is 0 Å². The highest BCUT2D eigenvalue weighted by Crippen LogP contribution is 2.47. The van der Waals surface area contributed by atoms with Crippen molar-refractivity contribution in [1.82, 2.24) is 0 Å². The fourth-order valence-electron chi connectivity index (χ4n) is 4.14. The lowest BCUT2D eigenvalue weighted by Gasteiger charge is -2.39. The Kier molecular flexibility index (Phi) is 5.31. The number of ketones is 1. The second-order valence-electron chi connectivity index (χ2n) is 7.11. The Labute approximate surface area is 165 Å². The van der Waals surface area contributed by atoms with Crippen LogP contribution in [0.4, 0.5) is 5.69 Å². The highest BCUT2D eigenvalue weighted by atomic mass is 16.7. The zero-order valence-electron chi connectivity index (χ0n) is 15.8. The molecule has 0 saturated heterocycles. The van der Waals surface area contributed by atoms with Crippen molar-refractivity contribution in [1.29, 1.82) is 0 Å². The zero-order chi connectivity index (χ0) is 21.3. The summed E-state index contributed by atoms with van der Waals surface area (Å²) in [6.07, 6.45) is -0.390. The maximum Gasteiger partial charge on any atom is 0.317 e. The molecule has 0 amide bonds. The van der Waals surface area contributed by atoms with Crippen molar-refractivity contribution in [2.24, 2.45) is 11.1 Å². The van der Waals surface area contributed by atoms with E-state index < -0.39 is 45.1 Å². The third-order valence-corrected chi connectivity index (χ3v) is 5.34. The molecular weight excluding hydrogens is 386 g/mol. The minimum Gasteiger partial charge on any atom is -0.465 e. The van der Waals surface area contributed by atoms with Gasteiger partial charge >= 0.3 is 5.97 Å². The van der Waals surface area contributed by atoms with E-state index in [1.807, 2.05) is 0 Å². The van der Waals surface area contributed by atoms with Gasteiger partial charge in [0, 0.05) is 29.4 Å². The first-order valence-corrected chi connectivity index (χ1v) is 9.00. The topological polar surface area (TPSA) is 151 Å². The van der Waals surface area contributed by atoms with Gasteiger partial charge in [0.05, 0.1) is 18.0 Å². The summed E-state index contributed by atoms with van der Waals surface area (Å²) >= 11 is 0. The molecule has 1 heterocycles. The van der Waals surface area contributed by atoms with E-state index in [4.69, 9.17) is 9.57 Å². The molecule has 1 fully saturated rings. The minimum absolute atomic E-state index is 0.0352. The number of hydrogen-bond acceptors (Lipinski definition) is 9. The summed E-state index contributed by atoms with van der Waals surface area (Å²) in [4.78, 5) is 52.3. The standard InChI is InChI=1S/C18H19N3O8/c1-3-28-17(23)15-13(11-4-6-12(7-5-11)20(24)25)8-18(9-14(15)22)16(21(26)27)10(2)19-29-18/h4-7,13,15-16H,3,8-9H2,1-2H3/t13-,15-,16-,18+/m0/s1. The summed E-state index contributed by atoms with van der Waals surface area (Å²) in [5, 5.41) is 26.3. The number of nitrogens with zero attached hydrogens (tertiary/aromatic N) is 3. The number of hydrogen-bond donors (Lipinski definition) is 0. The molecule has 1 aromatic carbocycles. The molecule has 1 aliphatic heterocycles. The number of Topliss-reactive ketones (excluding diaryl/α,β-unsaturated/α-hetero) is 1. The van der Waals surface area contributed by atoms with Crippen LogP contribution in [0.2, 0.25) is 0 Å². The van der Waals surface area contributed by atoms with Crippen LogP contribution in [-0.2, 0) is 19.2 Å². The van der Waals surface area contributed by atoms with E-state index in [2.05, 4.69) is 5.16 Å². The Morgan fingerprint density at radius 3 is 2.52 bits per heavy atom. The molecule has 4 atom stereocenters. The summed E-state index contributed by atoms with van der Waals surface area (Å²) in [7, 11) is 0. The average molecular weight is 405 g/mol. The fraction of sp³-hybridized carbons (Fsp3) is 0.500. The van der Waals surface area contributed by atoms with Gasteiger partial charge in [-0.3, -0.25) is 29.8 Å². The van der Waals surface area contributed by atoms with Gasteiger partial charge in [0.25, 0.3) is 11.7 Å². The Morgan fingerprint density at radius 2 is 1.97 bits per heavy atom. The van der Waals surface area contributed by atoms with Crippen molar-refractivity contribution in [3.8, 4) is 0 Å². The molecule has 29 heavy (non-hydrogen) atoms. The number of oxime groups is 1. The van der Waals surface area contributed by atoms with Gasteiger partial charge in [-0.15, -0.1) is 0 Å². The maximum absolute atomic E-state index is 12.9. The van der Waals surface area contributed by atoms with Gasteiger partial charge in [-0.2, -0.15) is 0 Å². The first-order valence-electron chi connectivity index (χ1n) is 9.00. The van der Waals surface area contributed by atoms with E-state index in [-0.39, 0.29) is 30.8 Å². The fourth-order valence-corrected chi connectivity index (χ4v) is 4.14. The van der Waals surface area contributed by atoms with Crippen LogP contribution in [0.15, 0.2) is 29.4 Å². The van der Waals surface area contributed by atoms with Gasteiger partial charge in [0.2, 0.25) is 5.60 Å². The van der Waals surface area contributed by atoms with E-state index >= 15 is 0 Å². The molecule has 11 nitrogen and oxygen atoms in total. The van der Waals surface area contributed by atoms with Crippen molar-refractivity contribution in [2.75, 3.05) is 6.61 Å². The lowest BCUT2D eigenvalue weighted by molar-refractivity contribution is -0.523. The monoisotopic (exact) mass is 405 g/mol. The number of carbonyl (C=O) groups excluding carboxylic acids is 2. The Balaban J connectivity index is 2.03. The first-order chi connectivity index (χ1) is 13.7. The normalized spacial score (nSPS) is 28.6. The van der Waals surface area contributed by atoms with Gasteiger partial charge in [-0.05, 0) is 19.4 Å². The number of nitro groups is 2. The van der Waals surface area contributed by atoms with Crippen LogP contribution >= 0.6 is 0 Å². The zero-order valence-corrected chi connectivity index (χ0v) is 15.8. The summed E-state index contributed by atoms with van der Waals surface area (Å²) in [6.45, 7) is 3.12. The van der Waals surface area contributed by atoms with Gasteiger partial charge < -0.3 is 9.57 Å². The first kappa shape index (κ1) is 20.4. The predicted octanol–water partition coefficient (Wildman–Crippen LogP) is 2.01. The van der Waals surface area contributed by atoms with Crippen molar-refractivity contribution >= 4 is 23.2 Å². The van der Waals surface area contributed by atoms with Gasteiger partial charge in [-0.1, -0.05) is 17.3 Å². The maximum atomic E-state index is 12.9. The molecule has 11 heteroatoms. The molecule has 1 saturated carbocycles. The lowest BCUT2D eigenvalue weighted by atomic mass is 9.65. The van der Waals surface area contributed by atoms with Crippen LogP contribution < -0.4 is 0 Å². The average Bonchev–Trinajstić information content (AvgIpc) is 2.96. The largest absolute Gasteiger partial charge is 0.465 e. The highest BCUT2D eigenvalue weighted by molar-refractivity contribution is 6.02. The number of ether oxygens (including phenoxy) is 1. The van der Waals surface area contributed by atoms with Crippen LogP contribution in [0.25, 0.3) is 0 Å². The van der Waals surface area contributed by atoms with Crippen molar-refractivity contribution in [3.63, 3.8) is 0 Å². The molecule has 1 aromatic rings. The molecule has 154 valence electrons. The van der Waals surface area contributed by atoms with E-state index in [9.17, 15) is 29.8 Å². The molecule has 0 unspecified atom stereocenters. The molecule has 3 rings (SSSR count). The van der Waals surface area contributed by atoms with Gasteiger partial charge in [0.15, 0.2) is 5.78 Å². The quantitative estimate of drug-likeness (QED) is 0.312. The highest BCUT2D eigenvalue weighted by Gasteiger charge is 2.63. The molecule has 0 radical (unpaired) electrons. The molecular formula is C18H19N3O8. The molecule has 0 N–H and O–H groups in total. The molecule has 1 aliphatic carbocycles. The predicted molar refractivity (Wildman–Crippen MR) is 97.9 cm³/mol. The smallest absolute Gasteiger partial charge is 0.317 e. The number of non-ortho nitro benzene ring substituents is 1. The number of carbonyl (C=O) groups is 2. The summed E-state index contributed by atoms with van der Waals surface area (Å²) in [5.41, 5.74) is -1.07. The van der Waals surface area contributed by atoms with Crippen molar-refractivity contribution < 1.29 is 29.0 Å². The van der Waals surface area contributed by atoms with Crippen LogP contribution in [0.5, 0.6) is 0 Å². The van der Waals surface area contributed by atoms with Crippen LogP contribution in [0.1, 0.15) is 38.2 Å². The SMILES string of the molecule is CCOC(=O)[C@@H]1C(=O)C[C@@]2(C[C@H]1c1ccc([N+](=O)[O-])cc1)ON=C(C)[C@@H]2[N+](=O)[O-]. The lowest BCUT2D eigenvalue weighted by Crippen LogP contribution is -2.55. The molecule has 0 aromatic heterocycles. The van der Waals surface area contributed by atoms with Crippen molar-refractivity contribution in [2.45, 2.75) is 44.2 Å². The number of nitro benzene ring substituents is 1. The number of rotatable bonds is 5. The Morgan fingerprint density at radius 1 is 1.31 bits per heavy atom. The second-order valence-corrected chi connectivity index (χ2v) is 7.11. The molecule has 1 spiro atoms. The van der Waals surface area contributed by atoms with Gasteiger partial charge in [-0.25, -0.2) is 0 Å². The molecule has 2 aliphatic rings. The van der Waals surface area contributed by atoms with Crippen LogP contribution in [-0.4, -0.2) is 45.6 Å². The minimum atomic E-state index is -1.51. The van der Waals surface area contributed by atoms with Crippen LogP contribution in [0.3, 0.4) is 0 Å².